The molecule has 1 aromatic rings. The number of hydrogen-bond acceptors (Lipinski definition) is 5. The molecule has 0 spiro atoms. The van der Waals surface area contributed by atoms with E-state index in [-0.39, 0.29) is 11.6 Å². The monoisotopic (exact) mass is 382 g/mol. The number of methoxy groups -OCH3 is 1. The average Bonchev–Trinajstić information content (AvgIpc) is 2.96. The molecule has 2 aliphatic rings. The summed E-state index contributed by atoms with van der Waals surface area (Å²) in [5.41, 5.74) is 1.08. The lowest BCUT2D eigenvalue weighted by molar-refractivity contribution is -0.902. The van der Waals surface area contributed by atoms with Crippen LogP contribution in [0.1, 0.15) is 41.6 Å². The highest BCUT2D eigenvalue weighted by Gasteiger charge is 2.35. The number of thiophene rings is 1. The molecule has 7 nitrogen and oxygen atoms in total. The lowest BCUT2D eigenvalue weighted by atomic mass is 9.93. The molecule has 3 rings (SSSR count). The largest absolute Gasteiger partial charge is 0.465 e. The van der Waals surface area contributed by atoms with Crippen LogP contribution in [0.15, 0.2) is 0 Å². The summed E-state index contributed by atoms with van der Waals surface area (Å²) in [5, 5.41) is 3.52. The van der Waals surface area contributed by atoms with Crippen LogP contribution in [-0.2, 0) is 22.5 Å². The van der Waals surface area contributed by atoms with Gasteiger partial charge < -0.3 is 19.3 Å². The molecule has 26 heavy (non-hydrogen) atoms. The maximum absolute atomic E-state index is 12.7. The molecule has 0 saturated carbocycles. The Kier molecular flexibility index (Phi) is 5.55. The Bertz CT molecular complexity index is 693. The fraction of sp³-hybridized carbons (Fsp3) is 0.667. The maximum Gasteiger partial charge on any atom is 0.341 e. The average molecular weight is 383 g/mol. The maximum atomic E-state index is 12.7. The van der Waals surface area contributed by atoms with Crippen molar-refractivity contribution in [3.05, 3.63) is 16.0 Å². The molecule has 0 aromatic carbocycles. The number of quaternary nitrogens is 1. The minimum absolute atomic E-state index is 0.149. The third-order valence-electron chi connectivity index (χ3n) is 5.15. The fourth-order valence-corrected chi connectivity index (χ4v) is 4.62. The molecule has 1 fully saturated rings. The van der Waals surface area contributed by atoms with Gasteiger partial charge in [0.2, 0.25) is 0 Å². The Morgan fingerprint density at radius 1 is 1.35 bits per heavy atom. The van der Waals surface area contributed by atoms with E-state index in [4.69, 9.17) is 9.47 Å². The standard InChI is InChI=1S/C18H27N3O4S/c1-5-20-6-8-21(9-7-20)17(23)19-15-14(16(22)24-4)12-10-18(2,3)25-11-13(12)26-15/h5-11H2,1-4H3,(H,19,23)/p+1. The first kappa shape index (κ1) is 19.1. The number of esters is 1. The van der Waals surface area contributed by atoms with Gasteiger partial charge in [0.05, 0.1) is 57.6 Å². The molecular weight excluding hydrogens is 354 g/mol. The first-order valence-electron chi connectivity index (χ1n) is 9.11. The first-order chi connectivity index (χ1) is 12.3. The summed E-state index contributed by atoms with van der Waals surface area (Å²) in [6, 6.07) is -0.149. The van der Waals surface area contributed by atoms with Crippen molar-refractivity contribution < 1.29 is 24.0 Å². The van der Waals surface area contributed by atoms with E-state index < -0.39 is 5.97 Å². The van der Waals surface area contributed by atoms with Crippen LogP contribution in [0.3, 0.4) is 0 Å². The van der Waals surface area contributed by atoms with Crippen molar-refractivity contribution in [1.82, 2.24) is 4.90 Å². The van der Waals surface area contributed by atoms with E-state index in [2.05, 4.69) is 12.2 Å². The molecule has 3 heterocycles. The van der Waals surface area contributed by atoms with Crippen LogP contribution >= 0.6 is 11.3 Å². The predicted molar refractivity (Wildman–Crippen MR) is 100 cm³/mol. The van der Waals surface area contributed by atoms with Gasteiger partial charge in [0.25, 0.3) is 0 Å². The van der Waals surface area contributed by atoms with Gasteiger partial charge in [0.1, 0.15) is 5.00 Å². The van der Waals surface area contributed by atoms with Gasteiger partial charge in [-0.25, -0.2) is 9.59 Å². The number of piperazine rings is 1. The van der Waals surface area contributed by atoms with Gasteiger partial charge in [-0.15, -0.1) is 11.3 Å². The summed E-state index contributed by atoms with van der Waals surface area (Å²) in [6.45, 7) is 11.1. The van der Waals surface area contributed by atoms with Crippen molar-refractivity contribution in [2.24, 2.45) is 0 Å². The predicted octanol–water partition coefficient (Wildman–Crippen LogP) is 1.14. The molecule has 1 aromatic heterocycles. The van der Waals surface area contributed by atoms with E-state index in [0.29, 0.717) is 23.6 Å². The van der Waals surface area contributed by atoms with Gasteiger partial charge in [-0.05, 0) is 26.3 Å². The van der Waals surface area contributed by atoms with Gasteiger partial charge in [0.15, 0.2) is 0 Å². The number of rotatable bonds is 3. The summed E-state index contributed by atoms with van der Waals surface area (Å²) < 4.78 is 10.8. The zero-order valence-corrected chi connectivity index (χ0v) is 16.8. The van der Waals surface area contributed by atoms with Crippen LogP contribution in [0.2, 0.25) is 0 Å². The van der Waals surface area contributed by atoms with E-state index in [9.17, 15) is 9.59 Å². The first-order valence-corrected chi connectivity index (χ1v) is 9.92. The lowest BCUT2D eigenvalue weighted by Gasteiger charge is -2.31. The second-order valence-corrected chi connectivity index (χ2v) is 8.55. The van der Waals surface area contributed by atoms with Crippen LogP contribution in [0, 0.1) is 0 Å². The van der Waals surface area contributed by atoms with E-state index in [1.165, 1.54) is 23.3 Å². The smallest absolute Gasteiger partial charge is 0.341 e. The Labute approximate surface area is 158 Å². The fourth-order valence-electron chi connectivity index (χ4n) is 3.52. The Morgan fingerprint density at radius 3 is 2.65 bits per heavy atom. The minimum atomic E-state index is -0.407. The van der Waals surface area contributed by atoms with E-state index in [1.54, 1.807) is 0 Å². The number of urea groups is 1. The number of fused-ring (bicyclic) bond motifs is 1. The number of likely N-dealkylation sites (N-methyl/N-ethyl adjacent to an activating group) is 1. The summed E-state index contributed by atoms with van der Waals surface area (Å²) in [6.07, 6.45) is 0.623. The summed E-state index contributed by atoms with van der Waals surface area (Å²) in [5.74, 6) is -0.407. The second-order valence-electron chi connectivity index (χ2n) is 7.45. The lowest BCUT2D eigenvalue weighted by Crippen LogP contribution is -3.14. The molecule has 2 amide bonds. The number of hydrogen-bond donors (Lipinski definition) is 2. The number of nitrogens with zero attached hydrogens (tertiary/aromatic N) is 1. The number of nitrogens with one attached hydrogen (secondary N) is 2. The van der Waals surface area contributed by atoms with E-state index in [0.717, 1.165) is 43.2 Å². The van der Waals surface area contributed by atoms with Crippen LogP contribution in [0.4, 0.5) is 9.80 Å². The van der Waals surface area contributed by atoms with Gasteiger partial charge >= 0.3 is 12.0 Å². The molecule has 1 saturated heterocycles. The number of anilines is 1. The Morgan fingerprint density at radius 2 is 2.04 bits per heavy atom. The number of ether oxygens (including phenoxy) is 2. The molecule has 8 heteroatoms. The normalized spacial score (nSPS) is 19.8. The van der Waals surface area contributed by atoms with Crippen molar-refractivity contribution >= 4 is 28.3 Å². The zero-order valence-electron chi connectivity index (χ0n) is 15.9. The number of carbonyl (C=O) groups excluding carboxylic acids is 2. The summed E-state index contributed by atoms with van der Waals surface area (Å²) >= 11 is 1.41. The van der Waals surface area contributed by atoms with E-state index in [1.807, 2.05) is 18.7 Å². The molecule has 2 N–H and O–H groups in total. The quantitative estimate of drug-likeness (QED) is 0.769. The van der Waals surface area contributed by atoms with Crippen molar-refractivity contribution in [3.8, 4) is 0 Å². The highest BCUT2D eigenvalue weighted by atomic mass is 32.1. The topological polar surface area (TPSA) is 72.3 Å². The zero-order chi connectivity index (χ0) is 18.9. The molecule has 0 bridgehead atoms. The van der Waals surface area contributed by atoms with Crippen molar-refractivity contribution in [1.29, 1.82) is 0 Å². The number of amides is 2. The summed E-state index contributed by atoms with van der Waals surface area (Å²) in [7, 11) is 1.37. The Hall–Kier alpha value is -1.64. The molecule has 0 unspecified atom stereocenters. The number of carbonyl (C=O) groups is 2. The van der Waals surface area contributed by atoms with Crippen molar-refractivity contribution in [2.75, 3.05) is 45.2 Å². The summed E-state index contributed by atoms with van der Waals surface area (Å²) in [4.78, 5) is 29.4. The molecule has 144 valence electrons. The van der Waals surface area contributed by atoms with Crippen LogP contribution < -0.4 is 10.2 Å². The van der Waals surface area contributed by atoms with Crippen molar-refractivity contribution in [2.45, 2.75) is 39.4 Å². The minimum Gasteiger partial charge on any atom is -0.465 e. The highest BCUT2D eigenvalue weighted by Crippen LogP contribution is 2.40. The molecule has 0 atom stereocenters. The SMILES string of the molecule is CC[NH+]1CCN(C(=O)Nc2sc3c(c2C(=O)OC)CC(C)(C)OC3)CC1. The third kappa shape index (κ3) is 3.87. The van der Waals surface area contributed by atoms with Crippen LogP contribution in [-0.4, -0.2) is 62.3 Å². The molecular formula is C18H28N3O4S+. The van der Waals surface area contributed by atoms with Gasteiger partial charge in [0, 0.05) is 11.3 Å². The van der Waals surface area contributed by atoms with E-state index >= 15 is 0 Å². The molecule has 0 aliphatic carbocycles. The van der Waals surface area contributed by atoms with Crippen molar-refractivity contribution in [3.63, 3.8) is 0 Å². The molecule has 0 radical (unpaired) electrons. The molecule has 2 aliphatic heterocycles. The second kappa shape index (κ2) is 7.54. The Balaban J connectivity index is 1.80. The van der Waals surface area contributed by atoms with Gasteiger partial charge in [-0.1, -0.05) is 0 Å². The van der Waals surface area contributed by atoms with Gasteiger partial charge in [-0.2, -0.15) is 0 Å². The highest BCUT2D eigenvalue weighted by molar-refractivity contribution is 7.17. The van der Waals surface area contributed by atoms with Crippen LogP contribution in [0.5, 0.6) is 0 Å². The third-order valence-corrected chi connectivity index (χ3v) is 6.28. The van der Waals surface area contributed by atoms with Gasteiger partial charge in [-0.3, -0.25) is 5.32 Å². The van der Waals surface area contributed by atoms with Crippen LogP contribution in [0.25, 0.3) is 0 Å².